The molecule has 2 fully saturated rings. The molecule has 1 aromatic carbocycles. The molecule has 2 aliphatic rings. The summed E-state index contributed by atoms with van der Waals surface area (Å²) in [5, 5.41) is 2.92. The number of likely N-dealkylation sites (tertiary alicyclic amines) is 1. The Balaban J connectivity index is 1.56. The van der Waals surface area contributed by atoms with Crippen LogP contribution in [-0.2, 0) is 20.9 Å². The summed E-state index contributed by atoms with van der Waals surface area (Å²) in [5.74, 6) is -0.000962. The van der Waals surface area contributed by atoms with Crippen LogP contribution in [-0.4, -0.2) is 73.1 Å². The average Bonchev–Trinajstić information content (AvgIpc) is 2.73. The van der Waals surface area contributed by atoms with Gasteiger partial charge >= 0.3 is 0 Å². The minimum atomic E-state index is -0.433. The van der Waals surface area contributed by atoms with E-state index in [2.05, 4.69) is 22.3 Å². The Bertz CT molecular complexity index is 640. The molecule has 2 atom stereocenters. The second-order valence-electron chi connectivity index (χ2n) is 7.60. The molecular weight excluding hydrogens is 356 g/mol. The molecule has 1 aromatic rings. The Kier molecular flexibility index (Phi) is 7.82. The molecule has 3 N–H and O–H groups in total. The number of hydrogen-bond donors (Lipinski definition) is 2. The van der Waals surface area contributed by atoms with Gasteiger partial charge in [-0.05, 0) is 24.8 Å². The normalized spacial score (nSPS) is 23.4. The van der Waals surface area contributed by atoms with Gasteiger partial charge in [0.15, 0.2) is 0 Å². The molecule has 0 saturated carbocycles. The molecule has 2 amide bonds. The van der Waals surface area contributed by atoms with E-state index in [1.165, 1.54) is 5.56 Å². The highest BCUT2D eigenvalue weighted by molar-refractivity contribution is 5.82. The number of benzene rings is 1. The lowest BCUT2D eigenvalue weighted by atomic mass is 10.0. The average molecular weight is 389 g/mol. The molecule has 3 rings (SSSR count). The fourth-order valence-corrected chi connectivity index (χ4v) is 3.98. The van der Waals surface area contributed by atoms with Crippen LogP contribution < -0.4 is 11.1 Å². The highest BCUT2D eigenvalue weighted by atomic mass is 16.5. The number of nitrogens with zero attached hydrogens (tertiary/aromatic N) is 2. The minimum Gasteiger partial charge on any atom is -0.366 e. The number of morpholine rings is 1. The predicted molar refractivity (Wildman–Crippen MR) is 107 cm³/mol. The van der Waals surface area contributed by atoms with Gasteiger partial charge in [0, 0.05) is 51.7 Å². The van der Waals surface area contributed by atoms with Crippen LogP contribution in [0.25, 0.3) is 0 Å². The Morgan fingerprint density at radius 1 is 1.18 bits per heavy atom. The largest absolute Gasteiger partial charge is 0.366 e. The number of nitrogens with one attached hydrogen (secondary N) is 1. The molecule has 28 heavy (non-hydrogen) atoms. The van der Waals surface area contributed by atoms with Gasteiger partial charge in [-0.15, -0.1) is 0 Å². The summed E-state index contributed by atoms with van der Waals surface area (Å²) >= 11 is 0. The summed E-state index contributed by atoms with van der Waals surface area (Å²) in [7, 11) is 0. The van der Waals surface area contributed by atoms with Gasteiger partial charge in [0.1, 0.15) is 6.10 Å². The van der Waals surface area contributed by atoms with Gasteiger partial charge in [0.05, 0.1) is 6.61 Å². The van der Waals surface area contributed by atoms with Gasteiger partial charge in [-0.2, -0.15) is 0 Å². The van der Waals surface area contributed by atoms with E-state index in [1.807, 2.05) is 23.1 Å². The predicted octanol–water partition coefficient (Wildman–Crippen LogP) is 0.734. The highest BCUT2D eigenvalue weighted by Crippen LogP contribution is 2.20. The van der Waals surface area contributed by atoms with E-state index < -0.39 is 6.10 Å². The van der Waals surface area contributed by atoms with Crippen molar-refractivity contribution in [1.82, 2.24) is 15.1 Å². The molecule has 7 heteroatoms. The first-order valence-electron chi connectivity index (χ1n) is 10.3. The van der Waals surface area contributed by atoms with E-state index in [0.717, 1.165) is 38.9 Å². The monoisotopic (exact) mass is 388 g/mol. The summed E-state index contributed by atoms with van der Waals surface area (Å²) in [6.07, 6.45) is 2.88. The summed E-state index contributed by atoms with van der Waals surface area (Å²) in [6.45, 7) is 4.39. The molecule has 7 nitrogen and oxygen atoms in total. The Labute approximate surface area is 167 Å². The smallest absolute Gasteiger partial charge is 0.253 e. The Morgan fingerprint density at radius 2 is 2.00 bits per heavy atom. The van der Waals surface area contributed by atoms with Crippen LogP contribution in [0.1, 0.15) is 31.2 Å². The molecule has 0 aromatic heterocycles. The van der Waals surface area contributed by atoms with Crippen LogP contribution in [0.2, 0.25) is 0 Å². The van der Waals surface area contributed by atoms with Crippen LogP contribution in [0.3, 0.4) is 0 Å². The first-order chi connectivity index (χ1) is 13.7. The van der Waals surface area contributed by atoms with Gasteiger partial charge in [-0.25, -0.2) is 0 Å². The quantitative estimate of drug-likeness (QED) is 0.719. The third-order valence-electron chi connectivity index (χ3n) is 5.49. The maximum Gasteiger partial charge on any atom is 0.253 e. The number of piperidine rings is 1. The van der Waals surface area contributed by atoms with Gasteiger partial charge < -0.3 is 20.7 Å². The molecule has 2 heterocycles. The second kappa shape index (κ2) is 10.5. The molecule has 2 aliphatic heterocycles. The van der Waals surface area contributed by atoms with E-state index in [9.17, 15) is 9.59 Å². The maximum absolute atomic E-state index is 13.2. The number of nitrogens with two attached hydrogens (primary N) is 1. The van der Waals surface area contributed by atoms with Crippen molar-refractivity contribution in [2.45, 2.75) is 44.4 Å². The highest BCUT2D eigenvalue weighted by Gasteiger charge is 2.34. The fourth-order valence-electron chi connectivity index (χ4n) is 3.98. The Hall–Kier alpha value is -1.96. The summed E-state index contributed by atoms with van der Waals surface area (Å²) in [6, 6.07) is 10.3. The van der Waals surface area contributed by atoms with Crippen molar-refractivity contribution in [1.29, 1.82) is 0 Å². The van der Waals surface area contributed by atoms with Gasteiger partial charge in [0.2, 0.25) is 5.91 Å². The standard InChI is InChI=1S/C21H32N4O3/c22-10-9-20(26)23-14-18-8-4-5-11-25(18)21(27)19-16-24(12-13-28-19)15-17-6-2-1-3-7-17/h1-3,6-7,18-19H,4-5,8-16,22H2,(H,23,26). The molecule has 0 spiro atoms. The first kappa shape index (κ1) is 20.8. The van der Waals surface area contributed by atoms with Gasteiger partial charge in [-0.3, -0.25) is 14.5 Å². The number of rotatable bonds is 7. The zero-order valence-electron chi connectivity index (χ0n) is 16.5. The van der Waals surface area contributed by atoms with Crippen molar-refractivity contribution in [3.05, 3.63) is 35.9 Å². The van der Waals surface area contributed by atoms with Crippen molar-refractivity contribution in [3.8, 4) is 0 Å². The third kappa shape index (κ3) is 5.77. The molecule has 154 valence electrons. The van der Waals surface area contributed by atoms with E-state index >= 15 is 0 Å². The zero-order valence-corrected chi connectivity index (χ0v) is 16.5. The number of ether oxygens (including phenoxy) is 1. The van der Waals surface area contributed by atoms with Crippen molar-refractivity contribution < 1.29 is 14.3 Å². The van der Waals surface area contributed by atoms with Crippen LogP contribution >= 0.6 is 0 Å². The number of carbonyl (C=O) groups excluding carboxylic acids is 2. The maximum atomic E-state index is 13.2. The first-order valence-corrected chi connectivity index (χ1v) is 10.3. The van der Waals surface area contributed by atoms with Crippen LogP contribution in [0.5, 0.6) is 0 Å². The lowest BCUT2D eigenvalue weighted by Crippen LogP contribution is -2.56. The number of amides is 2. The van der Waals surface area contributed by atoms with Crippen molar-refractivity contribution >= 4 is 11.8 Å². The molecule has 2 unspecified atom stereocenters. The molecule has 2 saturated heterocycles. The Morgan fingerprint density at radius 3 is 2.79 bits per heavy atom. The second-order valence-corrected chi connectivity index (χ2v) is 7.60. The van der Waals surface area contributed by atoms with Crippen LogP contribution in [0, 0.1) is 0 Å². The fraction of sp³-hybridized carbons (Fsp3) is 0.619. The van der Waals surface area contributed by atoms with E-state index in [4.69, 9.17) is 10.5 Å². The van der Waals surface area contributed by atoms with Crippen LogP contribution in [0.15, 0.2) is 30.3 Å². The third-order valence-corrected chi connectivity index (χ3v) is 5.49. The van der Waals surface area contributed by atoms with Gasteiger partial charge in [0.25, 0.3) is 5.91 Å². The SMILES string of the molecule is NCCC(=O)NCC1CCCCN1C(=O)C1CN(Cc2ccccc2)CCO1. The van der Waals surface area contributed by atoms with E-state index in [0.29, 0.717) is 32.7 Å². The van der Waals surface area contributed by atoms with E-state index in [1.54, 1.807) is 0 Å². The summed E-state index contributed by atoms with van der Waals surface area (Å²) < 4.78 is 5.84. The molecule has 0 aliphatic carbocycles. The minimum absolute atomic E-state index is 0.0380. The van der Waals surface area contributed by atoms with Crippen molar-refractivity contribution in [2.75, 3.05) is 39.3 Å². The summed E-state index contributed by atoms with van der Waals surface area (Å²) in [4.78, 5) is 29.1. The lowest BCUT2D eigenvalue weighted by Gasteiger charge is -2.40. The number of hydrogen-bond acceptors (Lipinski definition) is 5. The molecule has 0 radical (unpaired) electrons. The van der Waals surface area contributed by atoms with Crippen molar-refractivity contribution in [3.63, 3.8) is 0 Å². The summed E-state index contributed by atoms with van der Waals surface area (Å²) in [5.41, 5.74) is 6.68. The molecular formula is C21H32N4O3. The van der Waals surface area contributed by atoms with Crippen molar-refractivity contribution in [2.24, 2.45) is 5.73 Å². The zero-order chi connectivity index (χ0) is 19.8. The number of carbonyl (C=O) groups is 2. The van der Waals surface area contributed by atoms with Crippen LogP contribution in [0.4, 0.5) is 0 Å². The lowest BCUT2D eigenvalue weighted by molar-refractivity contribution is -0.153. The van der Waals surface area contributed by atoms with E-state index in [-0.39, 0.29) is 17.9 Å². The molecule has 0 bridgehead atoms. The topological polar surface area (TPSA) is 87.9 Å². The van der Waals surface area contributed by atoms with Gasteiger partial charge in [-0.1, -0.05) is 30.3 Å².